The SMILES string of the molecule is CC(C)c1cnc(N)c(CC(=O)O)n1. The summed E-state index contributed by atoms with van der Waals surface area (Å²) < 4.78 is 0. The molecule has 0 unspecified atom stereocenters. The van der Waals surface area contributed by atoms with Crippen LogP contribution < -0.4 is 5.73 Å². The molecule has 0 aromatic carbocycles. The van der Waals surface area contributed by atoms with Gasteiger partial charge >= 0.3 is 5.97 Å². The molecule has 0 saturated carbocycles. The smallest absolute Gasteiger partial charge is 0.309 e. The van der Waals surface area contributed by atoms with Gasteiger partial charge in [0.05, 0.1) is 24.0 Å². The van der Waals surface area contributed by atoms with Gasteiger partial charge in [0.1, 0.15) is 5.82 Å². The summed E-state index contributed by atoms with van der Waals surface area (Å²) in [6.45, 7) is 3.93. The summed E-state index contributed by atoms with van der Waals surface area (Å²) in [5, 5.41) is 8.60. The van der Waals surface area contributed by atoms with E-state index in [1.54, 1.807) is 6.20 Å². The van der Waals surface area contributed by atoms with Crippen LogP contribution in [0.2, 0.25) is 0 Å². The van der Waals surface area contributed by atoms with Crippen molar-refractivity contribution in [3.63, 3.8) is 0 Å². The highest BCUT2D eigenvalue weighted by molar-refractivity contribution is 5.71. The Kier molecular flexibility index (Phi) is 3.01. The van der Waals surface area contributed by atoms with E-state index >= 15 is 0 Å². The van der Waals surface area contributed by atoms with Gasteiger partial charge in [-0.25, -0.2) is 4.98 Å². The lowest BCUT2D eigenvalue weighted by molar-refractivity contribution is -0.136. The fraction of sp³-hybridized carbons (Fsp3) is 0.444. The van der Waals surface area contributed by atoms with Gasteiger partial charge in [-0.3, -0.25) is 9.78 Å². The number of hydrogen-bond donors (Lipinski definition) is 2. The number of rotatable bonds is 3. The number of carboxylic acids is 1. The second kappa shape index (κ2) is 4.04. The van der Waals surface area contributed by atoms with Crippen LogP contribution >= 0.6 is 0 Å². The van der Waals surface area contributed by atoms with Crippen LogP contribution in [0.4, 0.5) is 5.82 Å². The van der Waals surface area contributed by atoms with Crippen LogP contribution in [-0.4, -0.2) is 21.0 Å². The van der Waals surface area contributed by atoms with Crippen molar-refractivity contribution >= 4 is 11.8 Å². The van der Waals surface area contributed by atoms with Crippen molar-refractivity contribution in [3.05, 3.63) is 17.6 Å². The standard InChI is InChI=1S/C9H13N3O2/c1-5(2)7-4-11-9(10)6(12-7)3-8(13)14/h4-5H,3H2,1-2H3,(H2,10,11)(H,13,14). The quantitative estimate of drug-likeness (QED) is 0.744. The molecule has 0 radical (unpaired) electrons. The molecular formula is C9H13N3O2. The molecule has 0 aliphatic carbocycles. The second-order valence-electron chi connectivity index (χ2n) is 3.35. The number of anilines is 1. The lowest BCUT2D eigenvalue weighted by atomic mass is 10.1. The predicted molar refractivity (Wildman–Crippen MR) is 51.9 cm³/mol. The molecule has 0 spiro atoms. The Labute approximate surface area is 82.0 Å². The lowest BCUT2D eigenvalue weighted by Crippen LogP contribution is -2.09. The minimum Gasteiger partial charge on any atom is -0.481 e. The first-order valence-corrected chi connectivity index (χ1v) is 4.33. The van der Waals surface area contributed by atoms with Crippen LogP contribution in [0.25, 0.3) is 0 Å². The second-order valence-corrected chi connectivity index (χ2v) is 3.35. The van der Waals surface area contributed by atoms with Gasteiger partial charge in [-0.1, -0.05) is 13.8 Å². The Morgan fingerprint density at radius 2 is 2.29 bits per heavy atom. The molecule has 0 fully saturated rings. The molecule has 1 aromatic rings. The Bertz CT molecular complexity index is 350. The van der Waals surface area contributed by atoms with Crippen LogP contribution in [0.1, 0.15) is 31.2 Å². The van der Waals surface area contributed by atoms with Crippen LogP contribution in [0.15, 0.2) is 6.20 Å². The normalized spacial score (nSPS) is 10.5. The van der Waals surface area contributed by atoms with E-state index in [1.165, 1.54) is 0 Å². The molecule has 1 aromatic heterocycles. The summed E-state index contributed by atoms with van der Waals surface area (Å²) >= 11 is 0. The minimum atomic E-state index is -0.952. The first-order valence-electron chi connectivity index (χ1n) is 4.33. The van der Waals surface area contributed by atoms with E-state index in [4.69, 9.17) is 10.8 Å². The third-order valence-electron chi connectivity index (χ3n) is 1.81. The summed E-state index contributed by atoms with van der Waals surface area (Å²) in [6, 6.07) is 0. The highest BCUT2D eigenvalue weighted by Crippen LogP contribution is 2.14. The van der Waals surface area contributed by atoms with Crippen molar-refractivity contribution in [2.24, 2.45) is 0 Å². The van der Waals surface area contributed by atoms with Crippen molar-refractivity contribution < 1.29 is 9.90 Å². The lowest BCUT2D eigenvalue weighted by Gasteiger charge is -2.07. The zero-order valence-electron chi connectivity index (χ0n) is 8.19. The van der Waals surface area contributed by atoms with E-state index in [-0.39, 0.29) is 18.2 Å². The maximum atomic E-state index is 10.5. The van der Waals surface area contributed by atoms with Gasteiger partial charge in [0.25, 0.3) is 0 Å². The fourth-order valence-corrected chi connectivity index (χ4v) is 1.00. The van der Waals surface area contributed by atoms with Gasteiger partial charge in [-0.05, 0) is 5.92 Å². The molecule has 0 bridgehead atoms. The van der Waals surface area contributed by atoms with E-state index in [0.717, 1.165) is 5.69 Å². The van der Waals surface area contributed by atoms with Crippen molar-refractivity contribution in [2.75, 3.05) is 5.73 Å². The van der Waals surface area contributed by atoms with E-state index < -0.39 is 5.97 Å². The zero-order valence-corrected chi connectivity index (χ0v) is 8.19. The number of carboxylic acid groups (broad SMARTS) is 1. The molecular weight excluding hydrogens is 182 g/mol. The summed E-state index contributed by atoms with van der Waals surface area (Å²) in [6.07, 6.45) is 1.39. The molecule has 76 valence electrons. The molecule has 5 nitrogen and oxygen atoms in total. The maximum absolute atomic E-state index is 10.5. The van der Waals surface area contributed by atoms with E-state index in [1.807, 2.05) is 13.8 Å². The number of aromatic nitrogens is 2. The number of aliphatic carboxylic acids is 1. The molecule has 5 heteroatoms. The average molecular weight is 195 g/mol. The monoisotopic (exact) mass is 195 g/mol. The number of hydrogen-bond acceptors (Lipinski definition) is 4. The van der Waals surface area contributed by atoms with E-state index in [0.29, 0.717) is 5.69 Å². The van der Waals surface area contributed by atoms with Crippen LogP contribution in [-0.2, 0) is 11.2 Å². The van der Waals surface area contributed by atoms with Gasteiger partial charge < -0.3 is 10.8 Å². The van der Waals surface area contributed by atoms with Crippen molar-refractivity contribution in [1.29, 1.82) is 0 Å². The Morgan fingerprint density at radius 3 is 2.79 bits per heavy atom. The topological polar surface area (TPSA) is 89.1 Å². The Morgan fingerprint density at radius 1 is 1.64 bits per heavy atom. The Hall–Kier alpha value is -1.65. The summed E-state index contributed by atoms with van der Waals surface area (Å²) in [5.74, 6) is -0.542. The molecule has 0 atom stereocenters. The third kappa shape index (κ3) is 2.42. The molecule has 0 aliphatic rings. The molecule has 0 amide bonds. The van der Waals surface area contributed by atoms with Gasteiger partial charge in [0, 0.05) is 0 Å². The van der Waals surface area contributed by atoms with Gasteiger partial charge in [0.2, 0.25) is 0 Å². The van der Waals surface area contributed by atoms with Crippen molar-refractivity contribution in [3.8, 4) is 0 Å². The number of nitrogens with zero attached hydrogens (tertiary/aromatic N) is 2. The predicted octanol–water partition coefficient (Wildman–Crippen LogP) is 0.809. The Balaban J connectivity index is 3.02. The van der Waals surface area contributed by atoms with Crippen LogP contribution in [0.5, 0.6) is 0 Å². The first kappa shape index (κ1) is 10.4. The van der Waals surface area contributed by atoms with Gasteiger partial charge in [-0.15, -0.1) is 0 Å². The minimum absolute atomic E-state index is 0.181. The van der Waals surface area contributed by atoms with E-state index in [2.05, 4.69) is 9.97 Å². The molecule has 0 saturated heterocycles. The highest BCUT2D eigenvalue weighted by atomic mass is 16.4. The van der Waals surface area contributed by atoms with Gasteiger partial charge in [0.15, 0.2) is 0 Å². The maximum Gasteiger partial charge on any atom is 0.309 e. The molecule has 1 rings (SSSR count). The fourth-order valence-electron chi connectivity index (χ4n) is 1.00. The van der Waals surface area contributed by atoms with Crippen LogP contribution in [0, 0.1) is 0 Å². The zero-order chi connectivity index (χ0) is 10.7. The number of nitrogens with two attached hydrogens (primary N) is 1. The summed E-state index contributed by atoms with van der Waals surface area (Å²) in [5.41, 5.74) is 6.60. The summed E-state index contributed by atoms with van der Waals surface area (Å²) in [7, 11) is 0. The molecule has 0 aliphatic heterocycles. The summed E-state index contributed by atoms with van der Waals surface area (Å²) in [4.78, 5) is 18.5. The highest BCUT2D eigenvalue weighted by Gasteiger charge is 2.10. The number of carbonyl (C=O) groups is 1. The number of nitrogen functional groups attached to an aromatic ring is 1. The van der Waals surface area contributed by atoms with Crippen LogP contribution in [0.3, 0.4) is 0 Å². The van der Waals surface area contributed by atoms with Crippen molar-refractivity contribution in [1.82, 2.24) is 9.97 Å². The largest absolute Gasteiger partial charge is 0.481 e. The molecule has 3 N–H and O–H groups in total. The first-order chi connectivity index (χ1) is 6.50. The third-order valence-corrected chi connectivity index (χ3v) is 1.81. The molecule has 14 heavy (non-hydrogen) atoms. The van der Waals surface area contributed by atoms with Gasteiger partial charge in [-0.2, -0.15) is 0 Å². The molecule has 1 heterocycles. The van der Waals surface area contributed by atoms with E-state index in [9.17, 15) is 4.79 Å². The van der Waals surface area contributed by atoms with Crippen molar-refractivity contribution in [2.45, 2.75) is 26.2 Å². The average Bonchev–Trinajstić information content (AvgIpc) is 2.07.